The molecule has 19 heavy (non-hydrogen) atoms. The normalized spacial score (nSPS) is 9.95. The molecule has 0 fully saturated rings. The standard InChI is InChI=1S/C13H11BrN2OS2/c14-11-6-2-1-5-10(11)12(17)16-13(18)15-8-9-4-3-7-19-9/h1-7H,8H2,(H2,15,16,17,18). The number of carbonyl (C=O) groups excluding carboxylic acids is 1. The molecule has 3 nitrogen and oxygen atoms in total. The third-order valence-corrected chi connectivity index (χ3v) is 4.16. The van der Waals surface area contributed by atoms with Crippen molar-refractivity contribution in [3.05, 3.63) is 56.7 Å². The smallest absolute Gasteiger partial charge is 0.258 e. The fourth-order valence-corrected chi connectivity index (χ4v) is 2.71. The number of hydrogen-bond acceptors (Lipinski definition) is 3. The van der Waals surface area contributed by atoms with Gasteiger partial charge in [-0.15, -0.1) is 11.3 Å². The molecule has 0 saturated carbocycles. The summed E-state index contributed by atoms with van der Waals surface area (Å²) in [7, 11) is 0. The number of carbonyl (C=O) groups is 1. The molecule has 0 saturated heterocycles. The van der Waals surface area contributed by atoms with Gasteiger partial charge in [0.15, 0.2) is 5.11 Å². The topological polar surface area (TPSA) is 41.1 Å². The Kier molecular flexibility index (Phi) is 5.07. The van der Waals surface area contributed by atoms with Crippen LogP contribution in [0.3, 0.4) is 0 Å². The highest BCUT2D eigenvalue weighted by Crippen LogP contribution is 2.15. The van der Waals surface area contributed by atoms with E-state index in [1.807, 2.05) is 35.7 Å². The molecule has 1 aromatic heterocycles. The van der Waals surface area contributed by atoms with E-state index in [0.717, 1.165) is 9.35 Å². The van der Waals surface area contributed by atoms with Gasteiger partial charge >= 0.3 is 0 Å². The number of benzene rings is 1. The molecule has 0 spiro atoms. The molecule has 6 heteroatoms. The minimum absolute atomic E-state index is 0.226. The Morgan fingerprint density at radius 3 is 2.74 bits per heavy atom. The molecule has 0 atom stereocenters. The zero-order valence-corrected chi connectivity index (χ0v) is 13.1. The van der Waals surface area contributed by atoms with Gasteiger partial charge in [-0.25, -0.2) is 0 Å². The molecule has 1 amide bonds. The molecule has 0 aliphatic rings. The first-order valence-electron chi connectivity index (χ1n) is 5.53. The van der Waals surface area contributed by atoms with E-state index >= 15 is 0 Å². The monoisotopic (exact) mass is 354 g/mol. The van der Waals surface area contributed by atoms with Crippen LogP contribution in [0.2, 0.25) is 0 Å². The Bertz CT molecular complexity index is 584. The molecular formula is C13H11BrN2OS2. The van der Waals surface area contributed by atoms with Crippen LogP contribution in [-0.4, -0.2) is 11.0 Å². The zero-order chi connectivity index (χ0) is 13.7. The van der Waals surface area contributed by atoms with Crippen LogP contribution in [0, 0.1) is 0 Å². The molecule has 0 radical (unpaired) electrons. The van der Waals surface area contributed by atoms with Crippen molar-refractivity contribution in [1.29, 1.82) is 0 Å². The van der Waals surface area contributed by atoms with Crippen molar-refractivity contribution in [2.24, 2.45) is 0 Å². The van der Waals surface area contributed by atoms with Gasteiger partial charge in [0.05, 0.1) is 12.1 Å². The second-order valence-corrected chi connectivity index (χ2v) is 5.99. The van der Waals surface area contributed by atoms with E-state index in [-0.39, 0.29) is 5.91 Å². The van der Waals surface area contributed by atoms with E-state index in [0.29, 0.717) is 17.2 Å². The maximum Gasteiger partial charge on any atom is 0.258 e. The van der Waals surface area contributed by atoms with Gasteiger partial charge < -0.3 is 5.32 Å². The largest absolute Gasteiger partial charge is 0.357 e. The van der Waals surface area contributed by atoms with Crippen molar-refractivity contribution in [2.75, 3.05) is 0 Å². The summed E-state index contributed by atoms with van der Waals surface area (Å²) in [5.74, 6) is -0.226. The van der Waals surface area contributed by atoms with Crippen LogP contribution in [0.5, 0.6) is 0 Å². The third kappa shape index (κ3) is 4.12. The Morgan fingerprint density at radius 2 is 2.05 bits per heavy atom. The minimum atomic E-state index is -0.226. The van der Waals surface area contributed by atoms with Gasteiger partial charge in [-0.05, 0) is 51.7 Å². The van der Waals surface area contributed by atoms with E-state index in [2.05, 4.69) is 26.6 Å². The van der Waals surface area contributed by atoms with E-state index in [4.69, 9.17) is 12.2 Å². The second kappa shape index (κ2) is 6.79. The summed E-state index contributed by atoms with van der Waals surface area (Å²) >= 11 is 10.1. The molecule has 0 aliphatic heterocycles. The fourth-order valence-electron chi connectivity index (χ4n) is 1.44. The first kappa shape index (κ1) is 14.2. The van der Waals surface area contributed by atoms with Crippen LogP contribution in [0.25, 0.3) is 0 Å². The van der Waals surface area contributed by atoms with Gasteiger partial charge in [0.1, 0.15) is 0 Å². The first-order valence-corrected chi connectivity index (χ1v) is 7.61. The highest BCUT2D eigenvalue weighted by Gasteiger charge is 2.10. The average Bonchev–Trinajstić information content (AvgIpc) is 2.90. The van der Waals surface area contributed by atoms with Crippen LogP contribution < -0.4 is 10.6 Å². The Hall–Kier alpha value is -1.24. The summed E-state index contributed by atoms with van der Waals surface area (Å²) in [6, 6.07) is 11.2. The minimum Gasteiger partial charge on any atom is -0.357 e. The average molecular weight is 355 g/mol. The molecule has 1 aromatic carbocycles. The number of hydrogen-bond donors (Lipinski definition) is 2. The number of amides is 1. The van der Waals surface area contributed by atoms with Gasteiger partial charge in [-0.1, -0.05) is 18.2 Å². The number of thiophene rings is 1. The van der Waals surface area contributed by atoms with Crippen molar-refractivity contribution in [3.8, 4) is 0 Å². The van der Waals surface area contributed by atoms with Gasteiger partial charge in [0.25, 0.3) is 5.91 Å². The van der Waals surface area contributed by atoms with E-state index in [1.54, 1.807) is 17.4 Å². The van der Waals surface area contributed by atoms with Crippen LogP contribution >= 0.6 is 39.5 Å². The highest BCUT2D eigenvalue weighted by molar-refractivity contribution is 9.10. The SMILES string of the molecule is O=C(NC(=S)NCc1cccs1)c1ccccc1Br. The molecule has 0 bridgehead atoms. The second-order valence-electron chi connectivity index (χ2n) is 3.70. The third-order valence-electron chi connectivity index (χ3n) is 2.35. The Labute approximate surface area is 129 Å². The molecule has 2 rings (SSSR count). The zero-order valence-electron chi connectivity index (χ0n) is 9.85. The summed E-state index contributed by atoms with van der Waals surface area (Å²) in [6.07, 6.45) is 0. The number of rotatable bonds is 3. The predicted molar refractivity (Wildman–Crippen MR) is 85.4 cm³/mol. The van der Waals surface area contributed by atoms with Gasteiger partial charge in [-0.3, -0.25) is 10.1 Å². The molecule has 2 aromatic rings. The Morgan fingerprint density at radius 1 is 1.26 bits per heavy atom. The van der Waals surface area contributed by atoms with Gasteiger partial charge in [0, 0.05) is 9.35 Å². The van der Waals surface area contributed by atoms with E-state index < -0.39 is 0 Å². The van der Waals surface area contributed by atoms with Crippen molar-refractivity contribution in [1.82, 2.24) is 10.6 Å². The number of halogens is 1. The lowest BCUT2D eigenvalue weighted by atomic mass is 10.2. The maximum atomic E-state index is 12.0. The van der Waals surface area contributed by atoms with Crippen LogP contribution in [0.15, 0.2) is 46.3 Å². The first-order chi connectivity index (χ1) is 9.16. The lowest BCUT2D eigenvalue weighted by Gasteiger charge is -2.09. The molecule has 98 valence electrons. The van der Waals surface area contributed by atoms with Crippen molar-refractivity contribution in [2.45, 2.75) is 6.54 Å². The summed E-state index contributed by atoms with van der Waals surface area (Å²) in [5.41, 5.74) is 0.558. The summed E-state index contributed by atoms with van der Waals surface area (Å²) < 4.78 is 0.744. The summed E-state index contributed by atoms with van der Waals surface area (Å²) in [5, 5.41) is 7.98. The van der Waals surface area contributed by atoms with E-state index in [1.165, 1.54) is 0 Å². The van der Waals surface area contributed by atoms with Crippen LogP contribution in [-0.2, 0) is 6.54 Å². The Balaban J connectivity index is 1.89. The number of nitrogens with one attached hydrogen (secondary N) is 2. The fraction of sp³-hybridized carbons (Fsp3) is 0.0769. The lowest BCUT2D eigenvalue weighted by molar-refractivity contribution is 0.0976. The van der Waals surface area contributed by atoms with Crippen molar-refractivity contribution < 1.29 is 4.79 Å². The molecule has 0 aliphatic carbocycles. The molecular weight excluding hydrogens is 344 g/mol. The molecule has 1 heterocycles. The van der Waals surface area contributed by atoms with Crippen molar-refractivity contribution in [3.63, 3.8) is 0 Å². The van der Waals surface area contributed by atoms with E-state index in [9.17, 15) is 4.79 Å². The maximum absolute atomic E-state index is 12.0. The lowest BCUT2D eigenvalue weighted by Crippen LogP contribution is -2.38. The number of thiocarbonyl (C=S) groups is 1. The highest BCUT2D eigenvalue weighted by atomic mass is 79.9. The molecule has 0 unspecified atom stereocenters. The van der Waals surface area contributed by atoms with Crippen LogP contribution in [0.4, 0.5) is 0 Å². The predicted octanol–water partition coefficient (Wildman–Crippen LogP) is 3.32. The quantitative estimate of drug-likeness (QED) is 0.830. The summed E-state index contributed by atoms with van der Waals surface area (Å²) in [4.78, 5) is 13.1. The van der Waals surface area contributed by atoms with Gasteiger partial charge in [-0.2, -0.15) is 0 Å². The van der Waals surface area contributed by atoms with Gasteiger partial charge in [0.2, 0.25) is 0 Å². The van der Waals surface area contributed by atoms with Crippen molar-refractivity contribution >= 4 is 50.5 Å². The molecule has 2 N–H and O–H groups in total. The van der Waals surface area contributed by atoms with Crippen LogP contribution in [0.1, 0.15) is 15.2 Å². The summed E-state index contributed by atoms with van der Waals surface area (Å²) in [6.45, 7) is 0.618.